The topological polar surface area (TPSA) is 55.3 Å². The summed E-state index contributed by atoms with van der Waals surface area (Å²) in [5, 5.41) is 0.540. The zero-order valence-electron chi connectivity index (χ0n) is 9.38. The van der Waals surface area contributed by atoms with Gasteiger partial charge in [-0.25, -0.2) is 9.97 Å². The van der Waals surface area contributed by atoms with Gasteiger partial charge in [0.2, 0.25) is 5.95 Å². The number of piperidine rings is 1. The highest BCUT2D eigenvalue weighted by molar-refractivity contribution is 6.30. The molecule has 0 unspecified atom stereocenters. The highest BCUT2D eigenvalue weighted by Gasteiger charge is 2.21. The lowest BCUT2D eigenvalue weighted by atomic mass is 10.1. The van der Waals surface area contributed by atoms with Crippen LogP contribution in [0.4, 0.5) is 5.95 Å². The van der Waals surface area contributed by atoms with Crippen molar-refractivity contribution in [3.63, 3.8) is 0 Å². The van der Waals surface area contributed by atoms with Crippen molar-refractivity contribution in [3.05, 3.63) is 17.4 Å². The molecule has 0 aromatic carbocycles. The number of aldehydes is 1. The van der Waals surface area contributed by atoms with Gasteiger partial charge in [-0.1, -0.05) is 11.6 Å². The Balaban J connectivity index is 1.86. The number of ether oxygens (including phenoxy) is 1. The summed E-state index contributed by atoms with van der Waals surface area (Å²) in [6.45, 7) is 1.86. The van der Waals surface area contributed by atoms with Gasteiger partial charge in [0.15, 0.2) is 0 Å². The van der Waals surface area contributed by atoms with Gasteiger partial charge in [-0.3, -0.25) is 0 Å². The molecule has 1 fully saturated rings. The van der Waals surface area contributed by atoms with Crippen molar-refractivity contribution in [2.24, 2.45) is 0 Å². The lowest BCUT2D eigenvalue weighted by Crippen LogP contribution is -2.38. The first-order chi connectivity index (χ1) is 8.29. The second-order valence-corrected chi connectivity index (χ2v) is 4.32. The van der Waals surface area contributed by atoms with E-state index in [9.17, 15) is 4.79 Å². The first-order valence-electron chi connectivity index (χ1n) is 5.57. The molecule has 0 bridgehead atoms. The molecule has 1 aliphatic rings. The number of rotatable bonds is 4. The third-order valence-corrected chi connectivity index (χ3v) is 2.93. The third-order valence-electron chi connectivity index (χ3n) is 2.73. The first-order valence-corrected chi connectivity index (χ1v) is 5.95. The Morgan fingerprint density at radius 2 is 2.06 bits per heavy atom. The summed E-state index contributed by atoms with van der Waals surface area (Å²) in [5.41, 5.74) is 0. The van der Waals surface area contributed by atoms with Crippen molar-refractivity contribution in [1.82, 2.24) is 9.97 Å². The summed E-state index contributed by atoms with van der Waals surface area (Å²) in [6.07, 6.45) is 5.93. The summed E-state index contributed by atoms with van der Waals surface area (Å²) in [4.78, 5) is 20.6. The normalized spacial score (nSPS) is 17.1. The molecule has 0 spiro atoms. The standard InChI is InChI=1S/C11H14ClN3O2/c12-9-7-13-11(14-8-9)15-3-1-10(2-4-15)17-6-5-16/h5,7-8,10H,1-4,6H2. The van der Waals surface area contributed by atoms with Crippen molar-refractivity contribution in [3.8, 4) is 0 Å². The Kier molecular flexibility index (Phi) is 4.28. The van der Waals surface area contributed by atoms with E-state index in [1.807, 2.05) is 0 Å². The SMILES string of the molecule is O=CCOC1CCN(c2ncc(Cl)cn2)CC1. The molecule has 0 amide bonds. The minimum absolute atomic E-state index is 0.170. The first kappa shape index (κ1) is 12.3. The second kappa shape index (κ2) is 5.93. The van der Waals surface area contributed by atoms with Crippen LogP contribution < -0.4 is 4.90 Å². The van der Waals surface area contributed by atoms with Gasteiger partial charge in [-0.15, -0.1) is 0 Å². The lowest BCUT2D eigenvalue weighted by molar-refractivity contribution is -0.114. The van der Waals surface area contributed by atoms with E-state index in [-0.39, 0.29) is 12.7 Å². The van der Waals surface area contributed by atoms with Gasteiger partial charge < -0.3 is 14.4 Å². The van der Waals surface area contributed by atoms with Crippen LogP contribution in [0.3, 0.4) is 0 Å². The maximum Gasteiger partial charge on any atom is 0.225 e. The summed E-state index contributed by atoms with van der Waals surface area (Å²) < 4.78 is 5.38. The van der Waals surface area contributed by atoms with E-state index in [4.69, 9.17) is 16.3 Å². The number of hydrogen-bond donors (Lipinski definition) is 0. The fraction of sp³-hybridized carbons (Fsp3) is 0.545. The second-order valence-electron chi connectivity index (χ2n) is 3.89. The van der Waals surface area contributed by atoms with Crippen LogP contribution in [0.25, 0.3) is 0 Å². The molecule has 0 atom stereocenters. The number of halogens is 1. The number of carbonyl (C=O) groups excluding carboxylic acids is 1. The average molecular weight is 256 g/mol. The van der Waals surface area contributed by atoms with E-state index in [1.165, 1.54) is 0 Å². The Morgan fingerprint density at radius 3 is 2.65 bits per heavy atom. The van der Waals surface area contributed by atoms with Crippen LogP contribution in [0, 0.1) is 0 Å². The molecule has 0 saturated carbocycles. The van der Waals surface area contributed by atoms with Crippen LogP contribution >= 0.6 is 11.6 Å². The van der Waals surface area contributed by atoms with Crippen LogP contribution in [-0.2, 0) is 9.53 Å². The fourth-order valence-corrected chi connectivity index (χ4v) is 1.96. The van der Waals surface area contributed by atoms with E-state index >= 15 is 0 Å². The van der Waals surface area contributed by atoms with Crippen molar-refractivity contribution in [2.75, 3.05) is 24.6 Å². The van der Waals surface area contributed by atoms with Gasteiger partial charge in [0.25, 0.3) is 0 Å². The van der Waals surface area contributed by atoms with E-state index in [1.54, 1.807) is 12.4 Å². The predicted molar refractivity (Wildman–Crippen MR) is 64.3 cm³/mol. The van der Waals surface area contributed by atoms with Crippen LogP contribution in [-0.4, -0.2) is 42.1 Å². The van der Waals surface area contributed by atoms with Crippen LogP contribution in [0.2, 0.25) is 5.02 Å². The maximum absolute atomic E-state index is 10.2. The molecule has 0 N–H and O–H groups in total. The van der Waals surface area contributed by atoms with Crippen molar-refractivity contribution in [1.29, 1.82) is 0 Å². The average Bonchev–Trinajstić information content (AvgIpc) is 2.38. The Labute approximate surface area is 105 Å². The molecule has 92 valence electrons. The molecule has 6 heteroatoms. The highest BCUT2D eigenvalue weighted by atomic mass is 35.5. The highest BCUT2D eigenvalue weighted by Crippen LogP contribution is 2.18. The van der Waals surface area contributed by atoms with E-state index in [2.05, 4.69) is 14.9 Å². The molecule has 0 aliphatic carbocycles. The monoisotopic (exact) mass is 255 g/mol. The molecule has 1 saturated heterocycles. The number of hydrogen-bond acceptors (Lipinski definition) is 5. The molecular weight excluding hydrogens is 242 g/mol. The molecule has 1 aromatic rings. The number of carbonyl (C=O) groups is 1. The number of anilines is 1. The van der Waals surface area contributed by atoms with Crippen molar-refractivity contribution < 1.29 is 9.53 Å². The van der Waals surface area contributed by atoms with Gasteiger partial charge in [0, 0.05) is 13.1 Å². The molecule has 2 heterocycles. The van der Waals surface area contributed by atoms with Crippen LogP contribution in [0.5, 0.6) is 0 Å². The van der Waals surface area contributed by atoms with Gasteiger partial charge in [-0.05, 0) is 12.8 Å². The smallest absolute Gasteiger partial charge is 0.225 e. The van der Waals surface area contributed by atoms with Gasteiger partial charge in [0.05, 0.1) is 23.5 Å². The zero-order chi connectivity index (χ0) is 12.1. The molecule has 0 radical (unpaired) electrons. The minimum Gasteiger partial charge on any atom is -0.371 e. The van der Waals surface area contributed by atoms with Gasteiger partial charge in [-0.2, -0.15) is 0 Å². The molecular formula is C11H14ClN3O2. The third kappa shape index (κ3) is 3.38. The van der Waals surface area contributed by atoms with Crippen LogP contribution in [0.15, 0.2) is 12.4 Å². The van der Waals surface area contributed by atoms with Crippen LogP contribution in [0.1, 0.15) is 12.8 Å². The van der Waals surface area contributed by atoms with Gasteiger partial charge in [0.1, 0.15) is 12.9 Å². The molecule has 1 aromatic heterocycles. The predicted octanol–water partition coefficient (Wildman–Crippen LogP) is 1.31. The molecule has 2 rings (SSSR count). The van der Waals surface area contributed by atoms with Crippen molar-refractivity contribution >= 4 is 23.8 Å². The summed E-state index contributed by atoms with van der Waals surface area (Å²) in [6, 6.07) is 0. The molecule has 5 nitrogen and oxygen atoms in total. The fourth-order valence-electron chi connectivity index (χ4n) is 1.87. The minimum atomic E-state index is 0.170. The number of aromatic nitrogens is 2. The van der Waals surface area contributed by atoms with E-state index in [0.29, 0.717) is 11.0 Å². The number of nitrogens with zero attached hydrogens (tertiary/aromatic N) is 3. The Morgan fingerprint density at radius 1 is 1.41 bits per heavy atom. The van der Waals surface area contributed by atoms with E-state index in [0.717, 1.165) is 32.2 Å². The molecule has 1 aliphatic heterocycles. The zero-order valence-corrected chi connectivity index (χ0v) is 10.1. The quantitative estimate of drug-likeness (QED) is 0.760. The lowest BCUT2D eigenvalue weighted by Gasteiger charge is -2.31. The van der Waals surface area contributed by atoms with Gasteiger partial charge >= 0.3 is 0 Å². The maximum atomic E-state index is 10.2. The molecule has 17 heavy (non-hydrogen) atoms. The van der Waals surface area contributed by atoms with Crippen molar-refractivity contribution in [2.45, 2.75) is 18.9 Å². The summed E-state index contributed by atoms with van der Waals surface area (Å²) >= 11 is 5.73. The largest absolute Gasteiger partial charge is 0.371 e. The Hall–Kier alpha value is -1.20. The van der Waals surface area contributed by atoms with E-state index < -0.39 is 0 Å². The summed E-state index contributed by atoms with van der Waals surface area (Å²) in [5.74, 6) is 0.697. The Bertz CT molecular complexity index is 363. The summed E-state index contributed by atoms with van der Waals surface area (Å²) in [7, 11) is 0.